The molecule has 1 amide bonds. The summed E-state index contributed by atoms with van der Waals surface area (Å²) < 4.78 is 2.40. The highest BCUT2D eigenvalue weighted by Crippen LogP contribution is 2.22. The van der Waals surface area contributed by atoms with Crippen molar-refractivity contribution in [3.05, 3.63) is 93.2 Å². The van der Waals surface area contributed by atoms with E-state index in [2.05, 4.69) is 31.4 Å². The van der Waals surface area contributed by atoms with E-state index in [1.165, 1.54) is 22.9 Å². The summed E-state index contributed by atoms with van der Waals surface area (Å²) in [5.74, 6) is -0.161. The molecule has 0 aliphatic carbocycles. The number of aromatic nitrogens is 2. The summed E-state index contributed by atoms with van der Waals surface area (Å²) in [4.78, 5) is 30.1. The first-order valence-corrected chi connectivity index (χ1v) is 11.3. The van der Waals surface area contributed by atoms with Crippen LogP contribution in [0.4, 0.5) is 0 Å². The smallest absolute Gasteiger partial charge is 0.266 e. The lowest BCUT2D eigenvalue weighted by molar-refractivity contribution is -0.118. The molecule has 0 aliphatic heterocycles. The molecule has 0 unspecified atom stereocenters. The van der Waals surface area contributed by atoms with E-state index in [1.54, 1.807) is 30.3 Å². The van der Waals surface area contributed by atoms with E-state index < -0.39 is 0 Å². The van der Waals surface area contributed by atoms with Crippen LogP contribution < -0.4 is 11.0 Å². The number of benzene rings is 3. The molecule has 0 radical (unpaired) electrons. The molecule has 2 N–H and O–H groups in total. The monoisotopic (exact) mass is 508 g/mol. The van der Waals surface area contributed by atoms with E-state index in [9.17, 15) is 14.7 Å². The number of para-hydroxylation sites is 1. The Morgan fingerprint density at radius 1 is 1.09 bits per heavy atom. The fourth-order valence-electron chi connectivity index (χ4n) is 2.93. The molecule has 7 nitrogen and oxygen atoms in total. The molecule has 4 aromatic rings. The molecule has 0 saturated heterocycles. The van der Waals surface area contributed by atoms with Crippen molar-refractivity contribution < 1.29 is 9.90 Å². The van der Waals surface area contributed by atoms with Gasteiger partial charge in [0.1, 0.15) is 5.75 Å². The SMILES string of the molecule is O=C(CSc1nc2ccccc2c(=O)n1-c1ccc(Br)cc1)N/N=C\c1ccc(O)cc1. The van der Waals surface area contributed by atoms with Crippen molar-refractivity contribution in [2.45, 2.75) is 5.16 Å². The van der Waals surface area contributed by atoms with Gasteiger partial charge >= 0.3 is 0 Å². The second kappa shape index (κ2) is 9.80. The lowest BCUT2D eigenvalue weighted by atomic mass is 10.2. The molecule has 0 spiro atoms. The molecular weight excluding hydrogens is 492 g/mol. The third-order valence-electron chi connectivity index (χ3n) is 4.46. The lowest BCUT2D eigenvalue weighted by Gasteiger charge is -2.13. The van der Waals surface area contributed by atoms with Crippen molar-refractivity contribution in [2.75, 3.05) is 5.75 Å². The minimum Gasteiger partial charge on any atom is -0.508 e. The number of phenols is 1. The number of halogens is 1. The first-order chi connectivity index (χ1) is 15.5. The Labute approximate surface area is 195 Å². The lowest BCUT2D eigenvalue weighted by Crippen LogP contribution is -2.24. The summed E-state index contributed by atoms with van der Waals surface area (Å²) in [7, 11) is 0. The minimum absolute atomic E-state index is 0.0220. The maximum absolute atomic E-state index is 13.2. The first kappa shape index (κ1) is 21.8. The van der Waals surface area contributed by atoms with E-state index in [1.807, 2.05) is 30.3 Å². The van der Waals surface area contributed by atoms with Crippen LogP contribution in [0.25, 0.3) is 16.6 Å². The number of nitrogens with one attached hydrogen (secondary N) is 1. The van der Waals surface area contributed by atoms with Crippen molar-refractivity contribution in [3.8, 4) is 11.4 Å². The number of hydrazone groups is 1. The van der Waals surface area contributed by atoms with Gasteiger partial charge in [0.2, 0.25) is 0 Å². The van der Waals surface area contributed by atoms with E-state index in [-0.39, 0.29) is 23.0 Å². The number of thioether (sulfide) groups is 1. The maximum atomic E-state index is 13.2. The summed E-state index contributed by atoms with van der Waals surface area (Å²) >= 11 is 4.55. The Morgan fingerprint density at radius 3 is 2.56 bits per heavy atom. The molecular formula is C23H17BrN4O3S. The molecule has 0 bridgehead atoms. The van der Waals surface area contributed by atoms with Crippen LogP contribution in [0.5, 0.6) is 5.75 Å². The highest BCUT2D eigenvalue weighted by molar-refractivity contribution is 9.10. The zero-order chi connectivity index (χ0) is 22.5. The van der Waals surface area contributed by atoms with Crippen LogP contribution in [0.1, 0.15) is 5.56 Å². The van der Waals surface area contributed by atoms with Gasteiger partial charge in [-0.15, -0.1) is 0 Å². The Balaban J connectivity index is 1.56. The predicted molar refractivity (Wildman–Crippen MR) is 130 cm³/mol. The van der Waals surface area contributed by atoms with Gasteiger partial charge < -0.3 is 5.11 Å². The van der Waals surface area contributed by atoms with Crippen molar-refractivity contribution in [3.63, 3.8) is 0 Å². The molecule has 0 saturated carbocycles. The van der Waals surface area contributed by atoms with Crippen LogP contribution in [0.15, 0.2) is 92.3 Å². The molecule has 4 rings (SSSR count). The number of carbonyl (C=O) groups excluding carboxylic acids is 1. The van der Waals surface area contributed by atoms with Gasteiger partial charge in [0, 0.05) is 4.47 Å². The number of rotatable bonds is 6. The van der Waals surface area contributed by atoms with Crippen molar-refractivity contribution in [2.24, 2.45) is 5.10 Å². The number of nitrogens with zero attached hydrogens (tertiary/aromatic N) is 3. The summed E-state index contributed by atoms with van der Waals surface area (Å²) in [5, 5.41) is 14.1. The van der Waals surface area contributed by atoms with Crippen molar-refractivity contribution >= 4 is 50.7 Å². The average molecular weight is 509 g/mol. The molecule has 32 heavy (non-hydrogen) atoms. The second-order valence-corrected chi connectivity index (χ2v) is 8.56. The average Bonchev–Trinajstić information content (AvgIpc) is 2.80. The van der Waals surface area contributed by atoms with Gasteiger partial charge in [0.05, 0.1) is 28.6 Å². The molecule has 1 heterocycles. The quantitative estimate of drug-likeness (QED) is 0.177. The third-order valence-corrected chi connectivity index (χ3v) is 5.93. The number of aromatic hydroxyl groups is 1. The fourth-order valence-corrected chi connectivity index (χ4v) is 4.00. The zero-order valence-corrected chi connectivity index (χ0v) is 19.0. The summed E-state index contributed by atoms with van der Waals surface area (Å²) in [6, 6.07) is 20.9. The van der Waals surface area contributed by atoms with Crippen molar-refractivity contribution in [1.29, 1.82) is 0 Å². The van der Waals surface area contributed by atoms with Gasteiger partial charge in [0.25, 0.3) is 11.5 Å². The van der Waals surface area contributed by atoms with Gasteiger partial charge in [-0.05, 0) is 66.2 Å². The number of carbonyl (C=O) groups is 1. The van der Waals surface area contributed by atoms with Gasteiger partial charge in [-0.2, -0.15) is 5.10 Å². The van der Waals surface area contributed by atoms with Crippen LogP contribution in [-0.2, 0) is 4.79 Å². The number of amides is 1. The van der Waals surface area contributed by atoms with Gasteiger partial charge in [0.15, 0.2) is 5.16 Å². The Morgan fingerprint density at radius 2 is 1.81 bits per heavy atom. The number of fused-ring (bicyclic) bond motifs is 1. The molecule has 3 aromatic carbocycles. The van der Waals surface area contributed by atoms with E-state index >= 15 is 0 Å². The highest BCUT2D eigenvalue weighted by atomic mass is 79.9. The fraction of sp³-hybridized carbons (Fsp3) is 0.0435. The molecule has 0 fully saturated rings. The summed E-state index contributed by atoms with van der Waals surface area (Å²) in [6.07, 6.45) is 1.48. The Hall–Kier alpha value is -3.43. The van der Waals surface area contributed by atoms with Crippen LogP contribution >= 0.6 is 27.7 Å². The highest BCUT2D eigenvalue weighted by Gasteiger charge is 2.14. The Kier molecular flexibility index (Phi) is 6.67. The second-order valence-electron chi connectivity index (χ2n) is 6.70. The molecule has 160 valence electrons. The standard InChI is InChI=1S/C23H17BrN4O3S/c24-16-7-9-17(10-8-16)28-22(31)19-3-1-2-4-20(19)26-23(28)32-14-21(30)27-25-13-15-5-11-18(29)12-6-15/h1-13,29H,14H2,(H,27,30)/b25-13-. The molecule has 9 heteroatoms. The number of phenolic OH excluding ortho intramolecular Hbond substituents is 1. The maximum Gasteiger partial charge on any atom is 0.266 e. The van der Waals surface area contributed by atoms with Crippen molar-refractivity contribution in [1.82, 2.24) is 15.0 Å². The van der Waals surface area contributed by atoms with E-state index in [0.717, 1.165) is 21.8 Å². The van der Waals surface area contributed by atoms with E-state index in [4.69, 9.17) is 0 Å². The summed E-state index contributed by atoms with van der Waals surface area (Å²) in [5.41, 5.74) is 4.22. The van der Waals surface area contributed by atoms with Crippen LogP contribution in [0.3, 0.4) is 0 Å². The number of hydrogen-bond acceptors (Lipinski definition) is 6. The van der Waals surface area contributed by atoms with Gasteiger partial charge in [-0.1, -0.05) is 39.8 Å². The predicted octanol–water partition coefficient (Wildman–Crippen LogP) is 4.10. The molecule has 0 aliphatic rings. The van der Waals surface area contributed by atoms with Crippen LogP contribution in [0.2, 0.25) is 0 Å². The first-order valence-electron chi connectivity index (χ1n) is 9.53. The normalized spacial score (nSPS) is 11.2. The molecule has 0 atom stereocenters. The topological polar surface area (TPSA) is 96.6 Å². The zero-order valence-electron chi connectivity index (χ0n) is 16.6. The largest absolute Gasteiger partial charge is 0.508 e. The van der Waals surface area contributed by atoms with Gasteiger partial charge in [-0.3, -0.25) is 14.2 Å². The van der Waals surface area contributed by atoms with Crippen LogP contribution in [0, 0.1) is 0 Å². The molecule has 1 aromatic heterocycles. The van der Waals surface area contributed by atoms with Crippen LogP contribution in [-0.4, -0.2) is 32.5 Å². The van der Waals surface area contributed by atoms with E-state index in [0.29, 0.717) is 21.7 Å². The third kappa shape index (κ3) is 5.06. The summed E-state index contributed by atoms with van der Waals surface area (Å²) in [6.45, 7) is 0. The minimum atomic E-state index is -0.338. The Bertz CT molecular complexity index is 1350. The van der Waals surface area contributed by atoms with Gasteiger partial charge in [-0.25, -0.2) is 10.4 Å². The number of hydrogen-bond donors (Lipinski definition) is 2.